The van der Waals surface area contributed by atoms with Gasteiger partial charge in [0.05, 0.1) is 11.9 Å². The van der Waals surface area contributed by atoms with Crippen LogP contribution in [-0.2, 0) is 10.0 Å². The van der Waals surface area contributed by atoms with E-state index in [9.17, 15) is 8.42 Å². The minimum atomic E-state index is -3.66. The Kier molecular flexibility index (Phi) is 3.49. The van der Waals surface area contributed by atoms with E-state index in [1.807, 2.05) is 0 Å². The number of rotatable bonds is 3. The third-order valence-corrected chi connectivity index (χ3v) is 3.87. The highest BCUT2D eigenvalue weighted by Gasteiger charge is 2.15. The molecular formula is C11H10ClN3O2S. The summed E-state index contributed by atoms with van der Waals surface area (Å²) in [5.41, 5.74) is 1.22. The molecule has 18 heavy (non-hydrogen) atoms. The average molecular weight is 284 g/mol. The van der Waals surface area contributed by atoms with Crippen LogP contribution < -0.4 is 4.72 Å². The molecule has 0 fully saturated rings. The third-order valence-electron chi connectivity index (χ3n) is 2.29. The summed E-state index contributed by atoms with van der Waals surface area (Å²) in [5.74, 6) is 0. The van der Waals surface area contributed by atoms with Gasteiger partial charge >= 0.3 is 0 Å². The van der Waals surface area contributed by atoms with E-state index >= 15 is 0 Å². The molecule has 0 radical (unpaired) electrons. The highest BCUT2D eigenvalue weighted by atomic mass is 35.5. The molecule has 94 valence electrons. The molecule has 2 rings (SSSR count). The smallest absolute Gasteiger partial charge is 0.263 e. The van der Waals surface area contributed by atoms with Crippen LogP contribution in [0.3, 0.4) is 0 Å². The summed E-state index contributed by atoms with van der Waals surface area (Å²) in [6, 6.07) is 4.54. The van der Waals surface area contributed by atoms with Crippen molar-refractivity contribution in [1.82, 2.24) is 9.97 Å². The number of pyridine rings is 2. The maximum Gasteiger partial charge on any atom is 0.263 e. The Balaban J connectivity index is 2.33. The number of anilines is 1. The first-order valence-electron chi connectivity index (χ1n) is 5.04. The largest absolute Gasteiger partial charge is 0.278 e. The molecule has 0 aromatic carbocycles. The van der Waals surface area contributed by atoms with Crippen LogP contribution in [0.2, 0.25) is 5.15 Å². The number of halogens is 1. The predicted molar refractivity (Wildman–Crippen MR) is 69.0 cm³/mol. The molecule has 5 nitrogen and oxygen atoms in total. The zero-order chi connectivity index (χ0) is 13.2. The van der Waals surface area contributed by atoms with Crippen molar-refractivity contribution in [3.63, 3.8) is 0 Å². The second-order valence-electron chi connectivity index (χ2n) is 3.61. The Labute approximate surface area is 110 Å². The molecule has 1 N–H and O–H groups in total. The summed E-state index contributed by atoms with van der Waals surface area (Å²) >= 11 is 5.61. The number of hydrogen-bond acceptors (Lipinski definition) is 4. The molecule has 0 saturated carbocycles. The standard InChI is InChI=1S/C11H10ClN3O2S/c1-8-4-5-13-7-10(8)15-18(16,17)9-2-3-11(12)14-6-9/h2-7,15H,1H3. The van der Waals surface area contributed by atoms with Gasteiger partial charge in [0.25, 0.3) is 10.0 Å². The van der Waals surface area contributed by atoms with Crippen molar-refractivity contribution in [2.24, 2.45) is 0 Å². The van der Waals surface area contributed by atoms with Crippen molar-refractivity contribution in [3.05, 3.63) is 47.5 Å². The van der Waals surface area contributed by atoms with Gasteiger partial charge in [-0.3, -0.25) is 9.71 Å². The van der Waals surface area contributed by atoms with Crippen molar-refractivity contribution >= 4 is 27.3 Å². The van der Waals surface area contributed by atoms with Crippen molar-refractivity contribution < 1.29 is 8.42 Å². The Hall–Kier alpha value is -1.66. The van der Waals surface area contributed by atoms with Crippen molar-refractivity contribution in [2.75, 3.05) is 4.72 Å². The molecule has 2 aromatic heterocycles. The van der Waals surface area contributed by atoms with E-state index < -0.39 is 10.0 Å². The molecule has 2 aromatic rings. The van der Waals surface area contributed by atoms with Crippen LogP contribution in [0, 0.1) is 6.92 Å². The third kappa shape index (κ3) is 2.77. The summed E-state index contributed by atoms with van der Waals surface area (Å²) in [4.78, 5) is 7.66. The van der Waals surface area contributed by atoms with E-state index in [2.05, 4.69) is 14.7 Å². The highest BCUT2D eigenvalue weighted by molar-refractivity contribution is 7.92. The molecular weight excluding hydrogens is 274 g/mol. The van der Waals surface area contributed by atoms with Gasteiger partial charge < -0.3 is 0 Å². The summed E-state index contributed by atoms with van der Waals surface area (Å²) in [6.45, 7) is 1.79. The number of aryl methyl sites for hydroxylation is 1. The minimum absolute atomic E-state index is 0.0511. The van der Waals surface area contributed by atoms with E-state index in [4.69, 9.17) is 11.6 Å². The lowest BCUT2D eigenvalue weighted by atomic mass is 10.3. The second kappa shape index (κ2) is 4.91. The van der Waals surface area contributed by atoms with Gasteiger partial charge in [0.1, 0.15) is 10.0 Å². The number of aromatic nitrogens is 2. The summed E-state index contributed by atoms with van der Waals surface area (Å²) in [5, 5.41) is 0.242. The fourth-order valence-electron chi connectivity index (χ4n) is 1.30. The SMILES string of the molecule is Cc1ccncc1NS(=O)(=O)c1ccc(Cl)nc1. The average Bonchev–Trinajstić information content (AvgIpc) is 2.32. The number of nitrogens with one attached hydrogen (secondary N) is 1. The molecule has 2 heterocycles. The van der Waals surface area contributed by atoms with Gasteiger partial charge in [-0.1, -0.05) is 11.6 Å². The molecule has 0 saturated heterocycles. The van der Waals surface area contributed by atoms with E-state index in [0.717, 1.165) is 5.56 Å². The quantitative estimate of drug-likeness (QED) is 0.877. The summed E-state index contributed by atoms with van der Waals surface area (Å²) < 4.78 is 26.5. The van der Waals surface area contributed by atoms with Gasteiger partial charge in [-0.25, -0.2) is 13.4 Å². The van der Waals surface area contributed by atoms with Crippen LogP contribution in [0.4, 0.5) is 5.69 Å². The first-order chi connectivity index (χ1) is 8.49. The Bertz CT molecular complexity index is 656. The molecule has 7 heteroatoms. The zero-order valence-corrected chi connectivity index (χ0v) is 11.0. The van der Waals surface area contributed by atoms with Crippen molar-refractivity contribution in [1.29, 1.82) is 0 Å². The van der Waals surface area contributed by atoms with Crippen LogP contribution in [0.15, 0.2) is 41.7 Å². The maximum atomic E-state index is 12.0. The summed E-state index contributed by atoms with van der Waals surface area (Å²) in [6.07, 6.45) is 4.25. The van der Waals surface area contributed by atoms with Gasteiger partial charge in [-0.05, 0) is 30.7 Å². The predicted octanol–water partition coefficient (Wildman–Crippen LogP) is 2.24. The first-order valence-corrected chi connectivity index (χ1v) is 6.90. The molecule has 0 spiro atoms. The van der Waals surface area contributed by atoms with E-state index in [1.165, 1.54) is 24.5 Å². The minimum Gasteiger partial charge on any atom is -0.278 e. The number of hydrogen-bond donors (Lipinski definition) is 1. The fraction of sp³-hybridized carbons (Fsp3) is 0.0909. The van der Waals surface area contributed by atoms with Crippen molar-refractivity contribution in [3.8, 4) is 0 Å². The highest BCUT2D eigenvalue weighted by Crippen LogP contribution is 2.18. The van der Waals surface area contributed by atoms with Gasteiger partial charge in [-0.2, -0.15) is 0 Å². The maximum absolute atomic E-state index is 12.0. The topological polar surface area (TPSA) is 72.0 Å². The molecule has 0 aliphatic rings. The van der Waals surface area contributed by atoms with E-state index in [1.54, 1.807) is 19.2 Å². The number of nitrogens with zero attached hydrogens (tertiary/aromatic N) is 2. The summed E-state index contributed by atoms with van der Waals surface area (Å²) in [7, 11) is -3.66. The normalized spacial score (nSPS) is 11.2. The van der Waals surface area contributed by atoms with E-state index in [-0.39, 0.29) is 10.0 Å². The molecule has 0 aliphatic carbocycles. The van der Waals surface area contributed by atoms with Gasteiger partial charge in [0.2, 0.25) is 0 Å². The Morgan fingerprint density at radius 2 is 2.00 bits per heavy atom. The fourth-order valence-corrected chi connectivity index (χ4v) is 2.47. The Morgan fingerprint density at radius 1 is 1.22 bits per heavy atom. The van der Waals surface area contributed by atoms with Gasteiger partial charge in [0.15, 0.2) is 0 Å². The lowest BCUT2D eigenvalue weighted by molar-refractivity contribution is 0.600. The molecule has 0 atom stereocenters. The van der Waals surface area contributed by atoms with Gasteiger partial charge in [0, 0.05) is 12.4 Å². The monoisotopic (exact) mass is 283 g/mol. The lowest BCUT2D eigenvalue weighted by Crippen LogP contribution is -2.14. The van der Waals surface area contributed by atoms with Crippen LogP contribution in [0.25, 0.3) is 0 Å². The van der Waals surface area contributed by atoms with Crippen LogP contribution in [-0.4, -0.2) is 18.4 Å². The van der Waals surface area contributed by atoms with Crippen LogP contribution >= 0.6 is 11.6 Å². The van der Waals surface area contributed by atoms with Crippen molar-refractivity contribution in [2.45, 2.75) is 11.8 Å². The first kappa shape index (κ1) is 12.8. The number of sulfonamides is 1. The second-order valence-corrected chi connectivity index (χ2v) is 5.68. The lowest BCUT2D eigenvalue weighted by Gasteiger charge is -2.09. The molecule has 0 bridgehead atoms. The molecule has 0 unspecified atom stereocenters. The molecule has 0 amide bonds. The zero-order valence-electron chi connectivity index (χ0n) is 9.46. The van der Waals surface area contributed by atoms with Gasteiger partial charge in [-0.15, -0.1) is 0 Å². The van der Waals surface area contributed by atoms with Crippen LogP contribution in [0.5, 0.6) is 0 Å². The van der Waals surface area contributed by atoms with Crippen LogP contribution in [0.1, 0.15) is 5.56 Å². The molecule has 0 aliphatic heterocycles. The Morgan fingerprint density at radius 3 is 2.61 bits per heavy atom. The van der Waals surface area contributed by atoms with E-state index in [0.29, 0.717) is 5.69 Å².